The average Bonchev–Trinajstić information content (AvgIpc) is 3.47. The molecule has 2 N–H and O–H groups in total. The topological polar surface area (TPSA) is 108 Å². The van der Waals surface area contributed by atoms with Gasteiger partial charge in [0.15, 0.2) is 0 Å². The Bertz CT molecular complexity index is 1030. The Labute approximate surface area is 233 Å². The van der Waals surface area contributed by atoms with E-state index in [4.69, 9.17) is 9.47 Å². The van der Waals surface area contributed by atoms with Crippen molar-refractivity contribution in [3.63, 3.8) is 0 Å². The highest BCUT2D eigenvalue weighted by molar-refractivity contribution is 9.09. The largest absolute Gasteiger partial charge is 0.466 e. The van der Waals surface area contributed by atoms with Gasteiger partial charge in [-0.05, 0) is 63.8 Å². The number of amides is 2. The molecule has 3 saturated heterocycles. The maximum atomic E-state index is 14.1. The van der Waals surface area contributed by atoms with Gasteiger partial charge in [-0.15, -0.1) is 0 Å². The highest BCUT2D eigenvalue weighted by atomic mass is 79.9. The van der Waals surface area contributed by atoms with Gasteiger partial charge in [0.25, 0.3) is 0 Å². The van der Waals surface area contributed by atoms with Gasteiger partial charge >= 0.3 is 5.97 Å². The van der Waals surface area contributed by atoms with Gasteiger partial charge in [0.1, 0.15) is 11.6 Å². The van der Waals surface area contributed by atoms with Crippen molar-refractivity contribution in [2.75, 3.05) is 36.5 Å². The van der Waals surface area contributed by atoms with Gasteiger partial charge in [-0.2, -0.15) is 0 Å². The second-order valence-corrected chi connectivity index (χ2v) is 12.0. The van der Waals surface area contributed by atoms with E-state index >= 15 is 0 Å². The van der Waals surface area contributed by atoms with Crippen LogP contribution in [0.1, 0.15) is 47.5 Å². The van der Waals surface area contributed by atoms with Crippen molar-refractivity contribution in [2.45, 2.75) is 76.1 Å². The number of aliphatic hydroxyl groups excluding tert-OH is 1. The van der Waals surface area contributed by atoms with Crippen molar-refractivity contribution in [3.8, 4) is 0 Å². The first kappa shape index (κ1) is 28.8. The number of nitrogens with zero attached hydrogens (tertiary/aromatic N) is 2. The van der Waals surface area contributed by atoms with Gasteiger partial charge < -0.3 is 29.7 Å². The number of carbonyl (C=O) groups is 3. The molecule has 38 heavy (non-hydrogen) atoms. The number of ether oxygens (including phenoxy) is 2. The van der Waals surface area contributed by atoms with Crippen LogP contribution in [0.25, 0.3) is 0 Å². The number of benzene rings is 1. The molecule has 3 fully saturated rings. The average molecular weight is 595 g/mol. The standard InChI is InChI=1S/C28H40BrN3O6/c1-6-31(7-2)18-11-9-17(10-12-18)30-25(34)24-28-14-20(29)23(38-28)21(27(36)37-8-3)22(28)26(35)32(24)19(15-33)13-16(4)5/h9-12,16,19-24,33H,6-8,13-15H2,1-5H3,(H,30,34)/t19-,20?,21+,22+,23+,24?,28?/m1/s1. The number of anilines is 2. The van der Waals surface area contributed by atoms with E-state index in [1.54, 1.807) is 6.92 Å². The first-order chi connectivity index (χ1) is 18.1. The molecule has 3 aliphatic rings. The van der Waals surface area contributed by atoms with E-state index in [0.29, 0.717) is 18.5 Å². The fourth-order valence-electron chi connectivity index (χ4n) is 6.64. The van der Waals surface area contributed by atoms with Crippen molar-refractivity contribution < 1.29 is 29.0 Å². The molecule has 7 atom stereocenters. The summed E-state index contributed by atoms with van der Waals surface area (Å²) >= 11 is 3.65. The molecule has 1 spiro atoms. The summed E-state index contributed by atoms with van der Waals surface area (Å²) in [7, 11) is 0. The van der Waals surface area contributed by atoms with Crippen LogP contribution in [0, 0.1) is 17.8 Å². The molecular formula is C28H40BrN3O6. The summed E-state index contributed by atoms with van der Waals surface area (Å²) in [5, 5.41) is 13.3. The van der Waals surface area contributed by atoms with Crippen LogP contribution < -0.4 is 10.2 Å². The van der Waals surface area contributed by atoms with Crippen LogP contribution in [0.15, 0.2) is 24.3 Å². The Morgan fingerprint density at radius 3 is 2.45 bits per heavy atom. The van der Waals surface area contributed by atoms with Crippen LogP contribution in [0.5, 0.6) is 0 Å². The van der Waals surface area contributed by atoms with Crippen molar-refractivity contribution in [1.82, 2.24) is 4.90 Å². The zero-order valence-electron chi connectivity index (χ0n) is 22.9. The van der Waals surface area contributed by atoms with E-state index in [9.17, 15) is 19.5 Å². The van der Waals surface area contributed by atoms with Crippen LogP contribution in [-0.2, 0) is 23.9 Å². The molecule has 1 aromatic rings. The number of fused-ring (bicyclic) bond motifs is 1. The molecule has 0 radical (unpaired) electrons. The molecule has 2 bridgehead atoms. The van der Waals surface area contributed by atoms with E-state index < -0.39 is 41.6 Å². The second kappa shape index (κ2) is 11.5. The summed E-state index contributed by atoms with van der Waals surface area (Å²) in [6.45, 7) is 11.6. The van der Waals surface area contributed by atoms with Gasteiger partial charge in [-0.25, -0.2) is 0 Å². The van der Waals surface area contributed by atoms with E-state index in [1.165, 1.54) is 4.90 Å². The Hall–Kier alpha value is -2.17. The number of likely N-dealkylation sites (tertiary alicyclic amines) is 1. The Morgan fingerprint density at radius 1 is 1.24 bits per heavy atom. The number of halogens is 1. The van der Waals surface area contributed by atoms with E-state index in [1.807, 2.05) is 38.1 Å². The van der Waals surface area contributed by atoms with Crippen LogP contribution >= 0.6 is 15.9 Å². The number of nitrogens with one attached hydrogen (secondary N) is 1. The highest BCUT2D eigenvalue weighted by Gasteiger charge is 2.77. The third kappa shape index (κ3) is 4.84. The lowest BCUT2D eigenvalue weighted by Crippen LogP contribution is -2.56. The molecule has 2 amide bonds. The van der Waals surface area contributed by atoms with E-state index in [2.05, 4.69) is 40.0 Å². The molecule has 3 aliphatic heterocycles. The summed E-state index contributed by atoms with van der Waals surface area (Å²) in [5.74, 6) is -2.68. The SMILES string of the molecule is CCOC(=O)[C@H]1[C@H]2C(=O)N([C@@H](CO)CC(C)C)C(C(=O)Nc3ccc(N(CC)CC)cc3)C23CC(Br)[C@@H]1O3. The minimum absolute atomic E-state index is 0.177. The normalized spacial score (nSPS) is 30.5. The molecule has 3 unspecified atom stereocenters. The number of alkyl halides is 1. The molecule has 1 aromatic carbocycles. The maximum absolute atomic E-state index is 14.1. The van der Waals surface area contributed by atoms with Crippen molar-refractivity contribution in [3.05, 3.63) is 24.3 Å². The fraction of sp³-hybridized carbons (Fsp3) is 0.679. The lowest BCUT2D eigenvalue weighted by atomic mass is 9.70. The van der Waals surface area contributed by atoms with Gasteiger partial charge in [0, 0.05) is 29.3 Å². The summed E-state index contributed by atoms with van der Waals surface area (Å²) in [6.07, 6.45) is 0.351. The Kier molecular flexibility index (Phi) is 8.74. The number of aliphatic hydroxyl groups is 1. The number of esters is 1. The number of carbonyl (C=O) groups excluding carboxylic acids is 3. The molecule has 10 heteroatoms. The second-order valence-electron chi connectivity index (χ2n) is 10.8. The van der Waals surface area contributed by atoms with Gasteiger partial charge in [0.05, 0.1) is 37.2 Å². The zero-order chi connectivity index (χ0) is 27.8. The maximum Gasteiger partial charge on any atom is 0.312 e. The Morgan fingerprint density at radius 2 is 1.89 bits per heavy atom. The third-order valence-corrected chi connectivity index (χ3v) is 8.99. The van der Waals surface area contributed by atoms with Crippen molar-refractivity contribution in [1.29, 1.82) is 0 Å². The highest BCUT2D eigenvalue weighted by Crippen LogP contribution is 2.60. The summed E-state index contributed by atoms with van der Waals surface area (Å²) in [5.41, 5.74) is 0.467. The third-order valence-electron chi connectivity index (χ3n) is 8.15. The number of hydrogen-bond acceptors (Lipinski definition) is 7. The zero-order valence-corrected chi connectivity index (χ0v) is 24.4. The molecule has 9 nitrogen and oxygen atoms in total. The van der Waals surface area contributed by atoms with Crippen LogP contribution in [0.3, 0.4) is 0 Å². The molecule has 0 aromatic heterocycles. The lowest BCUT2D eigenvalue weighted by molar-refractivity contribution is -0.155. The quantitative estimate of drug-likeness (QED) is 0.299. The summed E-state index contributed by atoms with van der Waals surface area (Å²) < 4.78 is 11.8. The minimum atomic E-state index is -1.19. The predicted molar refractivity (Wildman–Crippen MR) is 148 cm³/mol. The smallest absolute Gasteiger partial charge is 0.312 e. The summed E-state index contributed by atoms with van der Waals surface area (Å²) in [4.78, 5) is 44.6. The number of hydrogen-bond donors (Lipinski definition) is 2. The van der Waals surface area contributed by atoms with Crippen molar-refractivity contribution in [2.24, 2.45) is 17.8 Å². The predicted octanol–water partition coefficient (Wildman–Crippen LogP) is 3.19. The van der Waals surface area contributed by atoms with Gasteiger partial charge in [-0.1, -0.05) is 29.8 Å². The fourth-order valence-corrected chi connectivity index (χ4v) is 7.59. The van der Waals surface area contributed by atoms with Gasteiger partial charge in [-0.3, -0.25) is 14.4 Å². The van der Waals surface area contributed by atoms with E-state index in [-0.39, 0.29) is 35.8 Å². The first-order valence-electron chi connectivity index (χ1n) is 13.7. The molecule has 4 rings (SSSR count). The van der Waals surface area contributed by atoms with Gasteiger partial charge in [0.2, 0.25) is 11.8 Å². The first-order valence-corrected chi connectivity index (χ1v) is 14.6. The lowest BCUT2D eigenvalue weighted by Gasteiger charge is -2.37. The Balaban J connectivity index is 1.71. The molecule has 0 saturated carbocycles. The molecule has 0 aliphatic carbocycles. The van der Waals surface area contributed by atoms with E-state index in [0.717, 1.165) is 18.8 Å². The molecule has 3 heterocycles. The van der Waals surface area contributed by atoms with Crippen LogP contribution in [-0.4, -0.2) is 82.7 Å². The minimum Gasteiger partial charge on any atom is -0.466 e. The monoisotopic (exact) mass is 593 g/mol. The number of rotatable bonds is 11. The molecular weight excluding hydrogens is 554 g/mol. The van der Waals surface area contributed by atoms with Crippen molar-refractivity contribution >= 4 is 45.1 Å². The van der Waals surface area contributed by atoms with Crippen LogP contribution in [0.2, 0.25) is 0 Å². The summed E-state index contributed by atoms with van der Waals surface area (Å²) in [6, 6.07) is 6.03. The van der Waals surface area contributed by atoms with Crippen LogP contribution in [0.4, 0.5) is 11.4 Å². The molecule has 210 valence electrons.